The molecule has 0 aliphatic rings. The summed E-state index contributed by atoms with van der Waals surface area (Å²) in [7, 11) is 0. The number of anilines is 2. The third-order valence-electron chi connectivity index (χ3n) is 5.61. The van der Waals surface area contributed by atoms with Gasteiger partial charge < -0.3 is 15.3 Å². The monoisotopic (exact) mass is 501 g/mol. The summed E-state index contributed by atoms with van der Waals surface area (Å²) in [4.78, 5) is 7.16. The first-order valence-corrected chi connectivity index (χ1v) is 12.6. The molecule has 3 aromatic carbocycles. The Hall–Kier alpha value is -3.54. The van der Waals surface area contributed by atoms with Gasteiger partial charge in [-0.2, -0.15) is 0 Å². The van der Waals surface area contributed by atoms with Gasteiger partial charge in [0.1, 0.15) is 0 Å². The van der Waals surface area contributed by atoms with Gasteiger partial charge >= 0.3 is 0 Å². The van der Waals surface area contributed by atoms with E-state index in [2.05, 4.69) is 84.2 Å². The number of benzene rings is 3. The molecule has 35 heavy (non-hydrogen) atoms. The van der Waals surface area contributed by atoms with Crippen LogP contribution in [0.5, 0.6) is 0 Å². The fourth-order valence-electron chi connectivity index (χ4n) is 3.63. The largest absolute Gasteiger partial charge is 0.513 e. The van der Waals surface area contributed by atoms with Crippen molar-refractivity contribution >= 4 is 39.5 Å². The number of thiazole rings is 1. The van der Waals surface area contributed by atoms with Gasteiger partial charge in [-0.15, -0.1) is 11.3 Å². The molecule has 0 aliphatic carbocycles. The molecule has 4 nitrogen and oxygen atoms in total. The minimum absolute atomic E-state index is 0.164. The standard InChI is InChI=1S/C29H28ClN3OS/c1-20-8-14-25(15-9-20)33(29-32-28(19-35-29)26-6-4-5-7-27(26)30)18-23-10-12-24(13-11-23)22(3)31-17-16-21(2)34/h4-15,19,31,34H,2-3,16-18H2,1H3. The normalized spacial score (nSPS) is 10.7. The van der Waals surface area contributed by atoms with Crippen LogP contribution in [0.15, 0.2) is 97.1 Å². The number of nitrogens with zero attached hydrogens (tertiary/aromatic N) is 2. The molecule has 6 heteroatoms. The highest BCUT2D eigenvalue weighted by Gasteiger charge is 2.16. The zero-order chi connectivity index (χ0) is 24.8. The maximum Gasteiger partial charge on any atom is 0.190 e. The van der Waals surface area contributed by atoms with Gasteiger partial charge in [0, 0.05) is 40.3 Å². The van der Waals surface area contributed by atoms with Crippen molar-refractivity contribution in [2.45, 2.75) is 19.9 Å². The molecule has 0 saturated heterocycles. The summed E-state index contributed by atoms with van der Waals surface area (Å²) >= 11 is 8.02. The lowest BCUT2D eigenvalue weighted by Gasteiger charge is -2.23. The van der Waals surface area contributed by atoms with Crippen molar-refractivity contribution in [3.63, 3.8) is 0 Å². The summed E-state index contributed by atoms with van der Waals surface area (Å²) < 4.78 is 0. The minimum Gasteiger partial charge on any atom is -0.513 e. The fourth-order valence-corrected chi connectivity index (χ4v) is 4.71. The Morgan fingerprint density at radius 1 is 1.03 bits per heavy atom. The molecule has 0 spiro atoms. The number of aryl methyl sites for hydroxylation is 1. The number of nitrogens with one attached hydrogen (secondary N) is 1. The van der Waals surface area contributed by atoms with Crippen LogP contribution in [0, 0.1) is 6.92 Å². The van der Waals surface area contributed by atoms with E-state index in [1.807, 2.05) is 24.3 Å². The quantitative estimate of drug-likeness (QED) is 0.215. The van der Waals surface area contributed by atoms with Crippen LogP contribution in [-0.4, -0.2) is 16.6 Å². The molecular weight excluding hydrogens is 474 g/mol. The predicted octanol–water partition coefficient (Wildman–Crippen LogP) is 8.13. The maximum absolute atomic E-state index is 9.26. The third-order valence-corrected chi connectivity index (χ3v) is 6.81. The van der Waals surface area contributed by atoms with Crippen LogP contribution in [0.25, 0.3) is 17.0 Å². The Morgan fingerprint density at radius 2 is 1.74 bits per heavy atom. The fraction of sp³-hybridized carbons (Fsp3) is 0.138. The van der Waals surface area contributed by atoms with Gasteiger partial charge in [0.05, 0.1) is 18.0 Å². The highest BCUT2D eigenvalue weighted by molar-refractivity contribution is 7.14. The second-order valence-corrected chi connectivity index (χ2v) is 9.58. The van der Waals surface area contributed by atoms with E-state index in [1.54, 1.807) is 11.3 Å². The molecule has 0 unspecified atom stereocenters. The van der Waals surface area contributed by atoms with Crippen LogP contribution in [0.1, 0.15) is 23.1 Å². The lowest BCUT2D eigenvalue weighted by atomic mass is 10.1. The first-order valence-electron chi connectivity index (χ1n) is 11.3. The molecule has 0 radical (unpaired) electrons. The molecule has 1 aromatic heterocycles. The molecule has 0 atom stereocenters. The lowest BCUT2D eigenvalue weighted by molar-refractivity contribution is 0.391. The van der Waals surface area contributed by atoms with Crippen LogP contribution in [-0.2, 0) is 6.54 Å². The van der Waals surface area contributed by atoms with Gasteiger partial charge in [-0.3, -0.25) is 0 Å². The number of aliphatic hydroxyl groups excluding tert-OH is 1. The molecule has 0 aliphatic heterocycles. The molecule has 0 bridgehead atoms. The van der Waals surface area contributed by atoms with E-state index in [-0.39, 0.29) is 5.76 Å². The van der Waals surface area contributed by atoms with E-state index >= 15 is 0 Å². The average Bonchev–Trinajstić information content (AvgIpc) is 3.33. The minimum atomic E-state index is 0.164. The zero-order valence-electron chi connectivity index (χ0n) is 19.7. The summed E-state index contributed by atoms with van der Waals surface area (Å²) in [6.45, 7) is 11.0. The molecule has 4 rings (SSSR count). The number of rotatable bonds is 10. The van der Waals surface area contributed by atoms with E-state index in [0.29, 0.717) is 24.5 Å². The van der Waals surface area contributed by atoms with Crippen molar-refractivity contribution in [2.24, 2.45) is 0 Å². The van der Waals surface area contributed by atoms with E-state index in [4.69, 9.17) is 16.6 Å². The van der Waals surface area contributed by atoms with Gasteiger partial charge in [-0.1, -0.05) is 84.9 Å². The lowest BCUT2D eigenvalue weighted by Crippen LogP contribution is -2.16. The average molecular weight is 502 g/mol. The second-order valence-electron chi connectivity index (χ2n) is 8.34. The Kier molecular flexibility index (Phi) is 7.91. The van der Waals surface area contributed by atoms with Crippen molar-refractivity contribution in [2.75, 3.05) is 11.4 Å². The number of hydrogen-bond donors (Lipinski definition) is 2. The first kappa shape index (κ1) is 24.6. The van der Waals surface area contributed by atoms with E-state index in [1.165, 1.54) is 5.56 Å². The summed E-state index contributed by atoms with van der Waals surface area (Å²) in [5.41, 5.74) is 7.07. The summed E-state index contributed by atoms with van der Waals surface area (Å²) in [6.07, 6.45) is 0.493. The van der Waals surface area contributed by atoms with Gasteiger partial charge in [0.15, 0.2) is 5.13 Å². The van der Waals surface area contributed by atoms with Crippen LogP contribution < -0.4 is 10.2 Å². The highest BCUT2D eigenvalue weighted by atomic mass is 35.5. The smallest absolute Gasteiger partial charge is 0.190 e. The van der Waals surface area contributed by atoms with Crippen LogP contribution in [0.3, 0.4) is 0 Å². The number of hydrogen-bond acceptors (Lipinski definition) is 5. The highest BCUT2D eigenvalue weighted by Crippen LogP contribution is 2.35. The van der Waals surface area contributed by atoms with Gasteiger partial charge in [0.25, 0.3) is 0 Å². The van der Waals surface area contributed by atoms with E-state index < -0.39 is 0 Å². The van der Waals surface area contributed by atoms with Crippen LogP contribution in [0.2, 0.25) is 5.02 Å². The predicted molar refractivity (Wildman–Crippen MR) is 149 cm³/mol. The zero-order valence-corrected chi connectivity index (χ0v) is 21.2. The van der Waals surface area contributed by atoms with Crippen molar-refractivity contribution in [1.29, 1.82) is 0 Å². The van der Waals surface area contributed by atoms with E-state index in [0.717, 1.165) is 38.9 Å². The topological polar surface area (TPSA) is 48.4 Å². The Bertz CT molecular complexity index is 1310. The van der Waals surface area contributed by atoms with Gasteiger partial charge in [-0.05, 0) is 36.2 Å². The Morgan fingerprint density at radius 3 is 2.43 bits per heavy atom. The summed E-state index contributed by atoms with van der Waals surface area (Å²) in [5, 5.41) is 16.1. The Balaban J connectivity index is 1.57. The molecule has 1 heterocycles. The van der Waals surface area contributed by atoms with Gasteiger partial charge in [0.2, 0.25) is 0 Å². The molecule has 0 saturated carbocycles. The SMILES string of the molecule is C=C(O)CCNC(=C)c1ccc(CN(c2ccc(C)cc2)c2nc(-c3ccccc3Cl)cs2)cc1. The van der Waals surface area contributed by atoms with Crippen molar-refractivity contribution in [3.8, 4) is 11.3 Å². The van der Waals surface area contributed by atoms with Crippen LogP contribution in [0.4, 0.5) is 10.8 Å². The molecule has 0 amide bonds. The summed E-state index contributed by atoms with van der Waals surface area (Å²) in [6, 6.07) is 24.6. The Labute approximate surface area is 215 Å². The van der Waals surface area contributed by atoms with Gasteiger partial charge in [-0.25, -0.2) is 4.98 Å². The number of aromatic nitrogens is 1. The van der Waals surface area contributed by atoms with Crippen molar-refractivity contribution in [3.05, 3.63) is 119 Å². The second kappa shape index (κ2) is 11.3. The maximum atomic E-state index is 9.26. The number of aliphatic hydroxyl groups is 1. The van der Waals surface area contributed by atoms with Crippen molar-refractivity contribution in [1.82, 2.24) is 10.3 Å². The molecule has 0 fully saturated rings. The first-order chi connectivity index (χ1) is 16.9. The van der Waals surface area contributed by atoms with E-state index in [9.17, 15) is 5.11 Å². The summed E-state index contributed by atoms with van der Waals surface area (Å²) in [5.74, 6) is 0.164. The third kappa shape index (κ3) is 6.32. The number of halogens is 1. The molecule has 4 aromatic rings. The van der Waals surface area contributed by atoms with Crippen LogP contribution >= 0.6 is 22.9 Å². The molecule has 2 N–H and O–H groups in total. The molecular formula is C29H28ClN3OS. The molecule has 178 valence electrons. The van der Waals surface area contributed by atoms with Crippen molar-refractivity contribution < 1.29 is 5.11 Å².